The first-order valence-electron chi connectivity index (χ1n) is 5.28. The van der Waals surface area contributed by atoms with Crippen molar-refractivity contribution in [1.82, 2.24) is 0 Å². The number of hydrogen-bond acceptors (Lipinski definition) is 2. The number of nitrogens with zero attached hydrogens (tertiary/aromatic N) is 1. The zero-order chi connectivity index (χ0) is 12.3. The number of benzene rings is 1. The predicted octanol–water partition coefficient (Wildman–Crippen LogP) is 5.04. The smallest absolute Gasteiger partial charge is 0.0519 e. The highest BCUT2D eigenvalue weighted by atomic mass is 79.9. The summed E-state index contributed by atoms with van der Waals surface area (Å²) < 4.78 is 1.17. The number of rotatable bonds is 4. The first-order chi connectivity index (χ1) is 8.19. The third-order valence-corrected chi connectivity index (χ3v) is 4.88. The van der Waals surface area contributed by atoms with E-state index in [1.807, 2.05) is 0 Å². The van der Waals surface area contributed by atoms with Crippen molar-refractivity contribution in [3.8, 4) is 0 Å². The van der Waals surface area contributed by atoms with Crippen LogP contribution in [-0.2, 0) is 11.9 Å². The fourth-order valence-corrected chi connectivity index (χ4v) is 3.48. The van der Waals surface area contributed by atoms with Crippen LogP contribution in [0.4, 0.5) is 5.69 Å². The Balaban J connectivity index is 2.06. The highest BCUT2D eigenvalue weighted by Crippen LogP contribution is 2.23. The predicted molar refractivity (Wildman–Crippen MR) is 83.2 cm³/mol. The van der Waals surface area contributed by atoms with Gasteiger partial charge in [-0.1, -0.05) is 28.1 Å². The molecule has 1 aromatic carbocycles. The van der Waals surface area contributed by atoms with Gasteiger partial charge in [-0.15, -0.1) is 11.3 Å². The Kier molecular flexibility index (Phi) is 4.65. The van der Waals surface area contributed by atoms with Crippen molar-refractivity contribution >= 4 is 48.9 Å². The topological polar surface area (TPSA) is 3.24 Å². The fourth-order valence-electron chi connectivity index (χ4n) is 1.60. The molecule has 1 nitrogen and oxygen atoms in total. The van der Waals surface area contributed by atoms with Crippen LogP contribution in [0, 0.1) is 0 Å². The van der Waals surface area contributed by atoms with Crippen molar-refractivity contribution in [1.29, 1.82) is 0 Å². The van der Waals surface area contributed by atoms with E-state index in [-0.39, 0.29) is 0 Å². The van der Waals surface area contributed by atoms with Gasteiger partial charge in [0.25, 0.3) is 0 Å². The van der Waals surface area contributed by atoms with E-state index >= 15 is 0 Å². The molecule has 0 fully saturated rings. The summed E-state index contributed by atoms with van der Waals surface area (Å²) in [6.45, 7) is 0.948. The second-order valence-electron chi connectivity index (χ2n) is 3.89. The number of alkyl halides is 1. The van der Waals surface area contributed by atoms with E-state index in [0.717, 1.165) is 11.9 Å². The van der Waals surface area contributed by atoms with Gasteiger partial charge in [0, 0.05) is 32.8 Å². The largest absolute Gasteiger partial charge is 0.369 e. The molecular formula is C13H13Br2NS. The van der Waals surface area contributed by atoms with E-state index in [1.165, 1.54) is 20.6 Å². The molecule has 90 valence electrons. The molecule has 0 N–H and O–H groups in total. The molecule has 2 aromatic rings. The van der Waals surface area contributed by atoms with E-state index in [9.17, 15) is 0 Å². The normalized spacial score (nSPS) is 10.5. The fraction of sp³-hybridized carbons (Fsp3) is 0.231. The minimum Gasteiger partial charge on any atom is -0.369 e. The van der Waals surface area contributed by atoms with Gasteiger partial charge in [0.15, 0.2) is 0 Å². The van der Waals surface area contributed by atoms with Crippen molar-refractivity contribution in [2.24, 2.45) is 0 Å². The molecule has 0 saturated carbocycles. The maximum absolute atomic E-state index is 3.48. The molecule has 17 heavy (non-hydrogen) atoms. The lowest BCUT2D eigenvalue weighted by Crippen LogP contribution is -2.15. The van der Waals surface area contributed by atoms with Crippen LogP contribution in [0.5, 0.6) is 0 Å². The van der Waals surface area contributed by atoms with E-state index in [0.29, 0.717) is 0 Å². The van der Waals surface area contributed by atoms with Crippen LogP contribution in [-0.4, -0.2) is 7.05 Å². The minimum atomic E-state index is 0.912. The van der Waals surface area contributed by atoms with Crippen LogP contribution in [0.3, 0.4) is 0 Å². The van der Waals surface area contributed by atoms with Crippen LogP contribution in [0.2, 0.25) is 0 Å². The molecule has 0 radical (unpaired) electrons. The summed E-state index contributed by atoms with van der Waals surface area (Å²) in [5, 5.41) is 3.03. The Morgan fingerprint density at radius 1 is 1.24 bits per heavy atom. The Hall–Kier alpha value is -0.320. The molecule has 0 atom stereocenters. The van der Waals surface area contributed by atoms with E-state index in [4.69, 9.17) is 0 Å². The number of anilines is 1. The average Bonchev–Trinajstić information content (AvgIpc) is 2.75. The van der Waals surface area contributed by atoms with Gasteiger partial charge < -0.3 is 4.90 Å². The molecule has 0 aliphatic heterocycles. The van der Waals surface area contributed by atoms with Gasteiger partial charge in [-0.2, -0.15) is 0 Å². The molecule has 0 spiro atoms. The molecule has 0 aliphatic carbocycles. The van der Waals surface area contributed by atoms with Crippen molar-refractivity contribution in [2.45, 2.75) is 11.9 Å². The molecule has 0 aliphatic rings. The summed E-state index contributed by atoms with van der Waals surface area (Å²) in [6, 6.07) is 10.8. The lowest BCUT2D eigenvalue weighted by atomic mass is 10.2. The minimum absolute atomic E-state index is 0.912. The molecule has 2 rings (SSSR count). The van der Waals surface area contributed by atoms with Crippen LogP contribution in [0.15, 0.2) is 40.2 Å². The molecule has 1 heterocycles. The Morgan fingerprint density at radius 2 is 1.94 bits per heavy atom. The van der Waals surface area contributed by atoms with Crippen molar-refractivity contribution in [2.75, 3.05) is 11.9 Å². The van der Waals surface area contributed by atoms with Crippen LogP contribution in [0.1, 0.15) is 10.4 Å². The maximum atomic E-state index is 3.48. The first kappa shape index (κ1) is 13.1. The van der Waals surface area contributed by atoms with Gasteiger partial charge in [0.05, 0.1) is 6.54 Å². The molecule has 1 aromatic heterocycles. The second kappa shape index (κ2) is 6.03. The van der Waals surface area contributed by atoms with Gasteiger partial charge in [-0.25, -0.2) is 0 Å². The highest BCUT2D eigenvalue weighted by Gasteiger charge is 2.04. The highest BCUT2D eigenvalue weighted by molar-refractivity contribution is 9.10. The monoisotopic (exact) mass is 373 g/mol. The SMILES string of the molecule is CN(Cc1cc(Br)cs1)c1ccc(CBr)cc1. The van der Waals surface area contributed by atoms with Crippen LogP contribution < -0.4 is 4.90 Å². The number of hydrogen-bond donors (Lipinski definition) is 0. The summed E-state index contributed by atoms with van der Waals surface area (Å²) in [5.41, 5.74) is 2.56. The Labute approximate surface area is 123 Å². The molecule has 4 heteroatoms. The van der Waals surface area contributed by atoms with Crippen LogP contribution in [0.25, 0.3) is 0 Å². The molecule has 0 unspecified atom stereocenters. The summed E-state index contributed by atoms with van der Waals surface area (Å²) >= 11 is 8.73. The summed E-state index contributed by atoms with van der Waals surface area (Å²) in [5.74, 6) is 0. The lowest BCUT2D eigenvalue weighted by molar-refractivity contribution is 0.939. The zero-order valence-corrected chi connectivity index (χ0v) is 13.5. The Bertz CT molecular complexity index is 478. The summed E-state index contributed by atoms with van der Waals surface area (Å²) in [6.07, 6.45) is 0. The summed E-state index contributed by atoms with van der Waals surface area (Å²) in [4.78, 5) is 3.62. The van der Waals surface area contributed by atoms with E-state index in [2.05, 4.69) is 79.5 Å². The standard InChI is InChI=1S/C13H13Br2NS/c1-16(8-13-6-11(15)9-17-13)12-4-2-10(7-14)3-5-12/h2-6,9H,7-8H2,1H3. The Morgan fingerprint density at radius 3 is 2.47 bits per heavy atom. The summed E-state index contributed by atoms with van der Waals surface area (Å²) in [7, 11) is 2.12. The number of thiophene rings is 1. The van der Waals surface area contributed by atoms with Gasteiger partial charge >= 0.3 is 0 Å². The van der Waals surface area contributed by atoms with Gasteiger partial charge in [-0.3, -0.25) is 0 Å². The lowest BCUT2D eigenvalue weighted by Gasteiger charge is -2.18. The van der Waals surface area contributed by atoms with E-state index < -0.39 is 0 Å². The van der Waals surface area contributed by atoms with Crippen molar-refractivity contribution in [3.63, 3.8) is 0 Å². The number of halogens is 2. The quantitative estimate of drug-likeness (QED) is 0.677. The zero-order valence-electron chi connectivity index (χ0n) is 9.49. The molecule has 0 bridgehead atoms. The maximum Gasteiger partial charge on any atom is 0.0519 e. The second-order valence-corrected chi connectivity index (χ2v) is 6.36. The third-order valence-electron chi connectivity index (χ3n) is 2.55. The van der Waals surface area contributed by atoms with Gasteiger partial charge in [0.1, 0.15) is 0 Å². The molecule has 0 saturated heterocycles. The first-order valence-corrected chi connectivity index (χ1v) is 8.07. The van der Waals surface area contributed by atoms with Gasteiger partial charge in [-0.05, 0) is 39.7 Å². The average molecular weight is 375 g/mol. The molecular weight excluding hydrogens is 362 g/mol. The van der Waals surface area contributed by atoms with Crippen LogP contribution >= 0.6 is 43.2 Å². The van der Waals surface area contributed by atoms with Crippen molar-refractivity contribution in [3.05, 3.63) is 50.6 Å². The van der Waals surface area contributed by atoms with E-state index in [1.54, 1.807) is 11.3 Å². The molecule has 0 amide bonds. The van der Waals surface area contributed by atoms with Gasteiger partial charge in [0.2, 0.25) is 0 Å². The third kappa shape index (κ3) is 3.57. The van der Waals surface area contributed by atoms with Crippen molar-refractivity contribution < 1.29 is 0 Å².